The zero-order chi connectivity index (χ0) is 13.5. The van der Waals surface area contributed by atoms with Crippen molar-refractivity contribution in [3.05, 3.63) is 35.8 Å². The number of esters is 1. The number of nitrogens with zero attached hydrogens (tertiary/aromatic N) is 3. The van der Waals surface area contributed by atoms with Gasteiger partial charge in [0.1, 0.15) is 5.65 Å². The Bertz CT molecular complexity index is 692. The first-order chi connectivity index (χ1) is 9.18. The van der Waals surface area contributed by atoms with Crippen LogP contribution in [0, 0.1) is 11.3 Å². The van der Waals surface area contributed by atoms with E-state index in [1.54, 1.807) is 17.5 Å². The van der Waals surface area contributed by atoms with E-state index in [9.17, 15) is 10.1 Å². The Morgan fingerprint density at radius 1 is 1.63 bits per heavy atom. The van der Waals surface area contributed by atoms with Crippen molar-refractivity contribution < 1.29 is 9.53 Å². The van der Waals surface area contributed by atoms with Gasteiger partial charge in [0.25, 0.3) is 0 Å². The average Bonchev–Trinajstić information content (AvgIpc) is 3.10. The highest BCUT2D eigenvalue weighted by atomic mass is 16.5. The van der Waals surface area contributed by atoms with E-state index in [-0.39, 0.29) is 5.41 Å². The van der Waals surface area contributed by atoms with E-state index in [0.717, 1.165) is 18.4 Å². The van der Waals surface area contributed by atoms with Gasteiger partial charge in [0.2, 0.25) is 0 Å². The van der Waals surface area contributed by atoms with E-state index < -0.39 is 5.97 Å². The number of hydrogen-bond donors (Lipinski definition) is 0. The van der Waals surface area contributed by atoms with E-state index in [1.807, 2.05) is 18.3 Å². The van der Waals surface area contributed by atoms with Gasteiger partial charge in [0.05, 0.1) is 18.1 Å². The van der Waals surface area contributed by atoms with Crippen LogP contribution < -0.4 is 0 Å². The van der Waals surface area contributed by atoms with E-state index in [4.69, 9.17) is 4.74 Å². The monoisotopic (exact) mass is 255 g/mol. The van der Waals surface area contributed by atoms with Crippen LogP contribution in [-0.2, 0) is 10.2 Å². The van der Waals surface area contributed by atoms with Crippen molar-refractivity contribution in [3.8, 4) is 6.07 Å². The maximum Gasteiger partial charge on any atom is 0.358 e. The van der Waals surface area contributed by atoms with Crippen molar-refractivity contribution in [1.82, 2.24) is 9.38 Å². The highest BCUT2D eigenvalue weighted by Crippen LogP contribution is 2.47. The van der Waals surface area contributed by atoms with Crippen LogP contribution in [0.4, 0.5) is 0 Å². The molecule has 3 rings (SSSR count). The number of carbonyl (C=O) groups is 1. The molecule has 2 aromatic heterocycles. The minimum atomic E-state index is -0.422. The molecule has 1 aliphatic carbocycles. The summed E-state index contributed by atoms with van der Waals surface area (Å²) in [5.41, 5.74) is 1.60. The van der Waals surface area contributed by atoms with E-state index in [2.05, 4.69) is 11.1 Å². The molecule has 1 saturated carbocycles. The number of hydrogen-bond acceptors (Lipinski definition) is 4. The lowest BCUT2D eigenvalue weighted by Crippen LogP contribution is -2.04. The predicted molar refractivity (Wildman–Crippen MR) is 67.7 cm³/mol. The Morgan fingerprint density at radius 3 is 3.05 bits per heavy atom. The number of rotatable bonds is 3. The first-order valence-electron chi connectivity index (χ1n) is 6.26. The van der Waals surface area contributed by atoms with Gasteiger partial charge in [-0.25, -0.2) is 9.78 Å². The largest absolute Gasteiger partial charge is 0.461 e. The molecular weight excluding hydrogens is 242 g/mol. The van der Waals surface area contributed by atoms with Crippen molar-refractivity contribution in [1.29, 1.82) is 5.26 Å². The second-order valence-electron chi connectivity index (χ2n) is 4.72. The van der Waals surface area contributed by atoms with Crippen molar-refractivity contribution in [3.63, 3.8) is 0 Å². The van der Waals surface area contributed by atoms with Crippen LogP contribution in [-0.4, -0.2) is 22.0 Å². The molecule has 0 N–H and O–H groups in total. The third kappa shape index (κ3) is 1.85. The van der Waals surface area contributed by atoms with Crippen molar-refractivity contribution in [2.45, 2.75) is 25.2 Å². The Hall–Kier alpha value is -2.35. The van der Waals surface area contributed by atoms with Crippen LogP contribution in [0.5, 0.6) is 0 Å². The normalized spacial score (nSPS) is 16.0. The molecule has 0 spiro atoms. The SMILES string of the molecule is CCOC(=O)c1cn2ccc(C3(C#N)CC3)cc2n1. The maximum atomic E-state index is 11.6. The van der Waals surface area contributed by atoms with E-state index in [1.165, 1.54) is 0 Å². The highest BCUT2D eigenvalue weighted by molar-refractivity contribution is 5.88. The number of imidazole rings is 1. The van der Waals surface area contributed by atoms with Gasteiger partial charge in [-0.05, 0) is 37.5 Å². The molecule has 96 valence electrons. The van der Waals surface area contributed by atoms with Crippen LogP contribution in [0.1, 0.15) is 35.8 Å². The van der Waals surface area contributed by atoms with Gasteiger partial charge in [0.15, 0.2) is 5.69 Å². The lowest BCUT2D eigenvalue weighted by atomic mass is 9.99. The minimum Gasteiger partial charge on any atom is -0.461 e. The zero-order valence-electron chi connectivity index (χ0n) is 10.6. The minimum absolute atomic E-state index is 0.292. The molecule has 0 unspecified atom stereocenters. The third-order valence-electron chi connectivity index (χ3n) is 3.46. The summed E-state index contributed by atoms with van der Waals surface area (Å²) in [6.07, 6.45) is 5.26. The average molecular weight is 255 g/mol. The molecule has 1 aliphatic rings. The fourth-order valence-corrected chi connectivity index (χ4v) is 2.17. The smallest absolute Gasteiger partial charge is 0.358 e. The number of nitriles is 1. The number of pyridine rings is 1. The van der Waals surface area contributed by atoms with E-state index in [0.29, 0.717) is 17.9 Å². The van der Waals surface area contributed by atoms with Crippen LogP contribution in [0.3, 0.4) is 0 Å². The molecule has 2 heterocycles. The molecule has 0 aromatic carbocycles. The summed E-state index contributed by atoms with van der Waals surface area (Å²) < 4.78 is 6.69. The van der Waals surface area contributed by atoms with Crippen molar-refractivity contribution >= 4 is 11.6 Å². The van der Waals surface area contributed by atoms with Gasteiger partial charge in [-0.3, -0.25) is 0 Å². The van der Waals surface area contributed by atoms with Gasteiger partial charge in [-0.1, -0.05) is 0 Å². The number of ether oxygens (including phenoxy) is 1. The summed E-state index contributed by atoms with van der Waals surface area (Å²) in [6, 6.07) is 6.15. The first-order valence-corrected chi connectivity index (χ1v) is 6.26. The summed E-state index contributed by atoms with van der Waals surface area (Å²) in [6.45, 7) is 2.09. The molecule has 19 heavy (non-hydrogen) atoms. The van der Waals surface area contributed by atoms with Crippen LogP contribution in [0.2, 0.25) is 0 Å². The summed E-state index contributed by atoms with van der Waals surface area (Å²) in [5.74, 6) is -0.422. The topological polar surface area (TPSA) is 67.4 Å². The van der Waals surface area contributed by atoms with Crippen LogP contribution in [0.25, 0.3) is 5.65 Å². The number of carbonyl (C=O) groups excluding carboxylic acids is 1. The molecule has 0 aliphatic heterocycles. The van der Waals surface area contributed by atoms with Crippen molar-refractivity contribution in [2.75, 3.05) is 6.61 Å². The molecule has 0 bridgehead atoms. The number of fused-ring (bicyclic) bond motifs is 1. The summed E-state index contributed by atoms with van der Waals surface area (Å²) in [5, 5.41) is 9.19. The molecular formula is C14H13N3O2. The third-order valence-corrected chi connectivity index (χ3v) is 3.46. The van der Waals surface area contributed by atoms with Crippen LogP contribution >= 0.6 is 0 Å². The lowest BCUT2D eigenvalue weighted by molar-refractivity contribution is 0.0520. The summed E-state index contributed by atoms with van der Waals surface area (Å²) in [7, 11) is 0. The molecule has 0 amide bonds. The first kappa shape index (κ1) is 11.7. The quantitative estimate of drug-likeness (QED) is 0.787. The maximum absolute atomic E-state index is 11.6. The molecule has 1 fully saturated rings. The van der Waals surface area contributed by atoms with Gasteiger partial charge in [-0.15, -0.1) is 0 Å². The summed E-state index contributed by atoms with van der Waals surface area (Å²) in [4.78, 5) is 15.9. The fraction of sp³-hybridized carbons (Fsp3) is 0.357. The van der Waals surface area contributed by atoms with E-state index >= 15 is 0 Å². The standard InChI is InChI=1S/C14H13N3O2/c1-2-19-13(18)11-8-17-6-3-10(7-12(17)16-11)14(9-15)4-5-14/h3,6-8H,2,4-5H2,1H3. The van der Waals surface area contributed by atoms with Crippen LogP contribution in [0.15, 0.2) is 24.5 Å². The molecule has 2 aromatic rings. The zero-order valence-corrected chi connectivity index (χ0v) is 10.6. The molecule has 5 heteroatoms. The predicted octanol–water partition coefficient (Wildman–Crippen LogP) is 2.07. The lowest BCUT2D eigenvalue weighted by Gasteiger charge is -2.05. The second-order valence-corrected chi connectivity index (χ2v) is 4.72. The molecule has 0 saturated heterocycles. The van der Waals surface area contributed by atoms with Gasteiger partial charge in [0, 0.05) is 12.4 Å². The molecule has 0 atom stereocenters. The highest BCUT2D eigenvalue weighted by Gasteiger charge is 2.45. The Morgan fingerprint density at radius 2 is 2.42 bits per heavy atom. The van der Waals surface area contributed by atoms with Gasteiger partial charge in [-0.2, -0.15) is 5.26 Å². The number of aromatic nitrogens is 2. The Kier molecular flexibility index (Phi) is 2.53. The summed E-state index contributed by atoms with van der Waals surface area (Å²) >= 11 is 0. The van der Waals surface area contributed by atoms with Gasteiger partial charge < -0.3 is 9.14 Å². The van der Waals surface area contributed by atoms with Gasteiger partial charge >= 0.3 is 5.97 Å². The second kappa shape index (κ2) is 4.09. The molecule has 5 nitrogen and oxygen atoms in total. The Balaban J connectivity index is 2.00. The van der Waals surface area contributed by atoms with Crippen molar-refractivity contribution in [2.24, 2.45) is 0 Å². The molecule has 0 radical (unpaired) electrons. The fourth-order valence-electron chi connectivity index (χ4n) is 2.17. The Labute approximate surface area is 110 Å².